The quantitative estimate of drug-likeness (QED) is 0.667. The topological polar surface area (TPSA) is 114 Å². The molecule has 0 radical (unpaired) electrons. The van der Waals surface area contributed by atoms with Gasteiger partial charge in [-0.1, -0.05) is 12.1 Å². The van der Waals surface area contributed by atoms with Crippen LogP contribution in [-0.4, -0.2) is 43.4 Å². The smallest absolute Gasteiger partial charge is 0.325 e. The Labute approximate surface area is 161 Å². The van der Waals surface area contributed by atoms with E-state index in [0.29, 0.717) is 17.0 Å². The average Bonchev–Trinajstić information content (AvgIpc) is 2.61. The van der Waals surface area contributed by atoms with E-state index in [-0.39, 0.29) is 6.54 Å². The number of nitrogens with one attached hydrogen (secondary N) is 2. The van der Waals surface area contributed by atoms with Crippen LogP contribution in [0, 0.1) is 5.82 Å². The standard InChI is InChI=1S/C19H21FN4O4/c1-24(17(18(21)26)12-4-3-5-13(20)10-12)11-16(25)23-19(27)22-14-6-8-15(28-2)9-7-14/h3-10,17H,11H2,1-2H3,(H2,21,26)(H2,22,23,25,27). The fourth-order valence-corrected chi connectivity index (χ4v) is 2.63. The molecule has 0 bridgehead atoms. The number of methoxy groups -OCH3 is 1. The van der Waals surface area contributed by atoms with E-state index < -0.39 is 29.7 Å². The molecule has 0 heterocycles. The fraction of sp³-hybridized carbons (Fsp3) is 0.211. The number of ether oxygens (including phenoxy) is 1. The first kappa shape index (κ1) is 20.8. The summed E-state index contributed by atoms with van der Waals surface area (Å²) < 4.78 is 18.5. The zero-order valence-electron chi connectivity index (χ0n) is 15.4. The van der Waals surface area contributed by atoms with Crippen LogP contribution in [0.1, 0.15) is 11.6 Å². The molecule has 148 valence electrons. The molecule has 0 saturated carbocycles. The van der Waals surface area contributed by atoms with Gasteiger partial charge in [0.25, 0.3) is 0 Å². The zero-order valence-corrected chi connectivity index (χ0v) is 15.4. The largest absolute Gasteiger partial charge is 0.497 e. The van der Waals surface area contributed by atoms with Crippen LogP contribution in [0.5, 0.6) is 5.75 Å². The number of hydrogen-bond donors (Lipinski definition) is 3. The van der Waals surface area contributed by atoms with Gasteiger partial charge in [0, 0.05) is 5.69 Å². The molecule has 0 spiro atoms. The van der Waals surface area contributed by atoms with Gasteiger partial charge in [-0.2, -0.15) is 0 Å². The number of likely N-dealkylation sites (N-methyl/N-ethyl adjacent to an activating group) is 1. The van der Waals surface area contributed by atoms with Crippen LogP contribution in [0.15, 0.2) is 48.5 Å². The van der Waals surface area contributed by atoms with E-state index in [1.54, 1.807) is 24.3 Å². The number of primary amides is 1. The van der Waals surface area contributed by atoms with E-state index in [0.717, 1.165) is 0 Å². The van der Waals surface area contributed by atoms with E-state index in [1.165, 1.54) is 43.3 Å². The maximum Gasteiger partial charge on any atom is 0.325 e. The van der Waals surface area contributed by atoms with Crippen LogP contribution in [0.4, 0.5) is 14.9 Å². The monoisotopic (exact) mass is 388 g/mol. The van der Waals surface area contributed by atoms with Crippen LogP contribution in [0.3, 0.4) is 0 Å². The molecular formula is C19H21FN4O4. The molecule has 0 saturated heterocycles. The lowest BCUT2D eigenvalue weighted by Gasteiger charge is -2.25. The van der Waals surface area contributed by atoms with Gasteiger partial charge in [0.05, 0.1) is 13.7 Å². The highest BCUT2D eigenvalue weighted by molar-refractivity contribution is 6.01. The summed E-state index contributed by atoms with van der Waals surface area (Å²) in [6.07, 6.45) is 0. The molecule has 8 nitrogen and oxygen atoms in total. The summed E-state index contributed by atoms with van der Waals surface area (Å²) in [5.74, 6) is -1.31. The third-order valence-corrected chi connectivity index (χ3v) is 3.87. The Morgan fingerprint density at radius 1 is 1.18 bits per heavy atom. The summed E-state index contributed by atoms with van der Waals surface area (Å²) in [6, 6.07) is 10.2. The number of carbonyl (C=O) groups excluding carboxylic acids is 3. The Bertz CT molecular complexity index is 857. The van der Waals surface area contributed by atoms with Crippen molar-refractivity contribution < 1.29 is 23.5 Å². The number of imide groups is 1. The minimum atomic E-state index is -1.02. The van der Waals surface area contributed by atoms with Crippen LogP contribution in [0.25, 0.3) is 0 Å². The van der Waals surface area contributed by atoms with Gasteiger partial charge < -0.3 is 15.8 Å². The van der Waals surface area contributed by atoms with Gasteiger partial charge in [0.15, 0.2) is 0 Å². The summed E-state index contributed by atoms with van der Waals surface area (Å²) in [4.78, 5) is 37.2. The van der Waals surface area contributed by atoms with Gasteiger partial charge in [0.2, 0.25) is 11.8 Å². The molecule has 2 aromatic carbocycles. The number of halogens is 1. The molecule has 28 heavy (non-hydrogen) atoms. The van der Waals surface area contributed by atoms with Crippen LogP contribution in [-0.2, 0) is 9.59 Å². The predicted octanol–water partition coefficient (Wildman–Crippen LogP) is 1.64. The maximum atomic E-state index is 13.4. The lowest BCUT2D eigenvalue weighted by atomic mass is 10.0. The molecule has 4 amide bonds. The summed E-state index contributed by atoms with van der Waals surface area (Å²) in [5.41, 5.74) is 6.18. The lowest BCUT2D eigenvalue weighted by molar-refractivity contribution is -0.125. The first-order valence-corrected chi connectivity index (χ1v) is 8.30. The Kier molecular flexibility index (Phi) is 7.05. The minimum absolute atomic E-state index is 0.305. The first-order chi connectivity index (χ1) is 13.3. The number of rotatable bonds is 7. The normalized spacial score (nSPS) is 11.6. The Morgan fingerprint density at radius 2 is 1.86 bits per heavy atom. The lowest BCUT2D eigenvalue weighted by Crippen LogP contribution is -2.44. The number of nitrogens with two attached hydrogens (primary N) is 1. The second-order valence-corrected chi connectivity index (χ2v) is 6.01. The van der Waals surface area contributed by atoms with E-state index in [1.807, 2.05) is 0 Å². The molecule has 2 rings (SSSR count). The molecule has 0 aromatic heterocycles. The van der Waals surface area contributed by atoms with Crippen LogP contribution in [0.2, 0.25) is 0 Å². The van der Waals surface area contributed by atoms with Gasteiger partial charge in [-0.3, -0.25) is 19.8 Å². The third kappa shape index (κ3) is 5.78. The van der Waals surface area contributed by atoms with Crippen molar-refractivity contribution in [1.82, 2.24) is 10.2 Å². The predicted molar refractivity (Wildman–Crippen MR) is 101 cm³/mol. The summed E-state index contributed by atoms with van der Waals surface area (Å²) >= 11 is 0. The van der Waals surface area contributed by atoms with E-state index in [2.05, 4.69) is 10.6 Å². The van der Waals surface area contributed by atoms with Crippen LogP contribution >= 0.6 is 0 Å². The molecule has 0 aliphatic rings. The highest BCUT2D eigenvalue weighted by Gasteiger charge is 2.25. The van der Waals surface area contributed by atoms with Crippen molar-refractivity contribution in [2.24, 2.45) is 5.73 Å². The van der Waals surface area contributed by atoms with Crippen molar-refractivity contribution in [3.8, 4) is 5.75 Å². The maximum absolute atomic E-state index is 13.4. The number of urea groups is 1. The molecule has 1 atom stereocenters. The second-order valence-electron chi connectivity index (χ2n) is 6.01. The fourth-order valence-electron chi connectivity index (χ4n) is 2.63. The molecule has 9 heteroatoms. The minimum Gasteiger partial charge on any atom is -0.497 e. The SMILES string of the molecule is COc1ccc(NC(=O)NC(=O)CN(C)C(C(N)=O)c2cccc(F)c2)cc1. The number of carbonyl (C=O) groups is 3. The molecule has 4 N–H and O–H groups in total. The van der Waals surface area contributed by atoms with E-state index >= 15 is 0 Å². The third-order valence-electron chi connectivity index (χ3n) is 3.87. The van der Waals surface area contributed by atoms with Crippen molar-refractivity contribution in [2.75, 3.05) is 26.0 Å². The van der Waals surface area contributed by atoms with Crippen molar-refractivity contribution in [2.45, 2.75) is 6.04 Å². The van der Waals surface area contributed by atoms with Crippen molar-refractivity contribution in [3.05, 3.63) is 59.9 Å². The molecule has 2 aromatic rings. The highest BCUT2D eigenvalue weighted by Crippen LogP contribution is 2.19. The highest BCUT2D eigenvalue weighted by atomic mass is 19.1. The first-order valence-electron chi connectivity index (χ1n) is 8.30. The number of hydrogen-bond acceptors (Lipinski definition) is 5. The Hall–Kier alpha value is -3.46. The van der Waals surface area contributed by atoms with Crippen molar-refractivity contribution in [1.29, 1.82) is 0 Å². The van der Waals surface area contributed by atoms with Gasteiger partial charge in [0.1, 0.15) is 17.6 Å². The number of benzene rings is 2. The Balaban J connectivity index is 1.95. The molecule has 0 aliphatic heterocycles. The van der Waals surface area contributed by atoms with Crippen molar-refractivity contribution in [3.63, 3.8) is 0 Å². The molecule has 1 unspecified atom stereocenters. The van der Waals surface area contributed by atoms with Crippen molar-refractivity contribution >= 4 is 23.5 Å². The Morgan fingerprint density at radius 3 is 2.43 bits per heavy atom. The summed E-state index contributed by atoms with van der Waals surface area (Å²) in [5, 5.41) is 4.66. The molecule has 0 fully saturated rings. The summed E-state index contributed by atoms with van der Waals surface area (Å²) in [7, 11) is 2.99. The number of anilines is 1. The van der Waals surface area contributed by atoms with Gasteiger partial charge in [-0.05, 0) is 49.0 Å². The summed E-state index contributed by atoms with van der Waals surface area (Å²) in [6.45, 7) is -0.305. The van der Waals surface area contributed by atoms with E-state index in [4.69, 9.17) is 10.5 Å². The number of amides is 4. The van der Waals surface area contributed by atoms with E-state index in [9.17, 15) is 18.8 Å². The zero-order chi connectivity index (χ0) is 20.7. The van der Waals surface area contributed by atoms with Crippen LogP contribution < -0.4 is 21.1 Å². The number of nitrogens with zero attached hydrogens (tertiary/aromatic N) is 1. The van der Waals surface area contributed by atoms with Gasteiger partial charge >= 0.3 is 6.03 Å². The molecular weight excluding hydrogens is 367 g/mol. The van der Waals surface area contributed by atoms with Gasteiger partial charge in [-0.25, -0.2) is 9.18 Å². The second kappa shape index (κ2) is 9.47. The average molecular weight is 388 g/mol. The van der Waals surface area contributed by atoms with Gasteiger partial charge in [-0.15, -0.1) is 0 Å². The molecule has 0 aliphatic carbocycles.